The second-order valence-electron chi connectivity index (χ2n) is 6.05. The van der Waals surface area contributed by atoms with Gasteiger partial charge in [-0.05, 0) is 49.6 Å². The van der Waals surface area contributed by atoms with Gasteiger partial charge in [-0.1, -0.05) is 35.9 Å². The molecule has 2 aromatic carbocycles. The molecule has 1 aliphatic rings. The molecule has 0 unspecified atom stereocenters. The number of hydrogen-bond acceptors (Lipinski definition) is 3. The van der Waals surface area contributed by atoms with E-state index in [1.54, 1.807) is 28.6 Å². The molecule has 24 heavy (non-hydrogen) atoms. The minimum Gasteiger partial charge on any atom is -0.382 e. The standard InChI is InChI=1S/C18H21ClN2O2S/c1-14-17(19)8-5-9-18(14)20-15-10-12-21(13-11-15)24(22,23)16-6-3-2-4-7-16/h2-9,15,20H,10-13H2,1H3. The SMILES string of the molecule is Cc1c(Cl)cccc1NC1CCN(S(=O)(=O)c2ccccc2)CC1. The summed E-state index contributed by atoms with van der Waals surface area (Å²) in [5.74, 6) is 0. The van der Waals surface area contributed by atoms with Gasteiger partial charge in [-0.3, -0.25) is 0 Å². The van der Waals surface area contributed by atoms with E-state index < -0.39 is 10.0 Å². The van der Waals surface area contributed by atoms with Gasteiger partial charge in [0.25, 0.3) is 0 Å². The predicted molar refractivity (Wildman–Crippen MR) is 98.0 cm³/mol. The second kappa shape index (κ2) is 7.13. The van der Waals surface area contributed by atoms with E-state index in [0.717, 1.165) is 29.1 Å². The van der Waals surface area contributed by atoms with Gasteiger partial charge in [0.05, 0.1) is 4.90 Å². The molecule has 128 valence electrons. The summed E-state index contributed by atoms with van der Waals surface area (Å²) >= 11 is 6.15. The monoisotopic (exact) mass is 364 g/mol. The fourth-order valence-electron chi connectivity index (χ4n) is 2.97. The number of anilines is 1. The Morgan fingerprint density at radius 3 is 2.38 bits per heavy atom. The average Bonchev–Trinajstić information content (AvgIpc) is 2.60. The van der Waals surface area contributed by atoms with E-state index >= 15 is 0 Å². The van der Waals surface area contributed by atoms with Crippen LogP contribution in [0.2, 0.25) is 5.02 Å². The molecule has 0 bridgehead atoms. The van der Waals surface area contributed by atoms with Gasteiger partial charge in [0.2, 0.25) is 10.0 Å². The van der Waals surface area contributed by atoms with Crippen molar-refractivity contribution in [1.82, 2.24) is 4.31 Å². The van der Waals surface area contributed by atoms with Crippen molar-refractivity contribution in [2.24, 2.45) is 0 Å². The minimum absolute atomic E-state index is 0.254. The van der Waals surface area contributed by atoms with E-state index in [2.05, 4.69) is 5.32 Å². The Labute approximate surface area is 148 Å². The van der Waals surface area contributed by atoms with Crippen molar-refractivity contribution in [3.63, 3.8) is 0 Å². The first kappa shape index (κ1) is 17.3. The molecule has 2 aromatic rings. The van der Waals surface area contributed by atoms with Gasteiger partial charge >= 0.3 is 0 Å². The fraction of sp³-hybridized carbons (Fsp3) is 0.333. The maximum atomic E-state index is 12.6. The molecular formula is C18H21ClN2O2S. The van der Waals surface area contributed by atoms with Gasteiger partial charge in [0.15, 0.2) is 0 Å². The van der Waals surface area contributed by atoms with Gasteiger partial charge < -0.3 is 5.32 Å². The topological polar surface area (TPSA) is 49.4 Å². The summed E-state index contributed by atoms with van der Waals surface area (Å²) in [7, 11) is -3.39. The molecule has 0 radical (unpaired) electrons. The van der Waals surface area contributed by atoms with E-state index in [1.165, 1.54) is 0 Å². The number of hydrogen-bond donors (Lipinski definition) is 1. The number of sulfonamides is 1. The third-order valence-electron chi connectivity index (χ3n) is 4.46. The maximum Gasteiger partial charge on any atom is 0.243 e. The molecule has 0 spiro atoms. The van der Waals surface area contributed by atoms with Crippen molar-refractivity contribution in [1.29, 1.82) is 0 Å². The molecule has 1 fully saturated rings. The number of nitrogens with zero attached hydrogens (tertiary/aromatic N) is 1. The van der Waals surface area contributed by atoms with Crippen molar-refractivity contribution in [3.05, 3.63) is 59.1 Å². The van der Waals surface area contributed by atoms with Crippen LogP contribution in [0.4, 0.5) is 5.69 Å². The third-order valence-corrected chi connectivity index (χ3v) is 6.78. The number of nitrogens with one attached hydrogen (secondary N) is 1. The summed E-state index contributed by atoms with van der Waals surface area (Å²) in [4.78, 5) is 0.363. The zero-order valence-electron chi connectivity index (χ0n) is 13.6. The molecule has 0 aromatic heterocycles. The zero-order valence-corrected chi connectivity index (χ0v) is 15.1. The number of rotatable bonds is 4. The maximum absolute atomic E-state index is 12.6. The van der Waals surface area contributed by atoms with Crippen molar-refractivity contribution < 1.29 is 8.42 Å². The van der Waals surface area contributed by atoms with Crippen LogP contribution in [-0.4, -0.2) is 31.9 Å². The van der Waals surface area contributed by atoms with Crippen LogP contribution in [0.15, 0.2) is 53.4 Å². The first-order valence-corrected chi connectivity index (χ1v) is 9.87. The highest BCUT2D eigenvalue weighted by Gasteiger charge is 2.29. The molecule has 3 rings (SSSR count). The molecule has 0 atom stereocenters. The quantitative estimate of drug-likeness (QED) is 0.894. The Hall–Kier alpha value is -1.56. The van der Waals surface area contributed by atoms with Gasteiger partial charge in [-0.25, -0.2) is 8.42 Å². The van der Waals surface area contributed by atoms with E-state index in [1.807, 2.05) is 31.2 Å². The van der Waals surface area contributed by atoms with Crippen molar-refractivity contribution in [2.75, 3.05) is 18.4 Å². The van der Waals surface area contributed by atoms with E-state index in [0.29, 0.717) is 18.0 Å². The van der Waals surface area contributed by atoms with Gasteiger partial charge in [-0.15, -0.1) is 0 Å². The highest BCUT2D eigenvalue weighted by Crippen LogP contribution is 2.26. The summed E-state index contributed by atoms with van der Waals surface area (Å²) in [5, 5.41) is 4.24. The summed E-state index contributed by atoms with van der Waals surface area (Å²) in [6.45, 7) is 3.03. The fourth-order valence-corrected chi connectivity index (χ4v) is 4.63. The molecule has 0 amide bonds. The highest BCUT2D eigenvalue weighted by molar-refractivity contribution is 7.89. The Balaban J connectivity index is 1.65. The number of piperidine rings is 1. The van der Waals surface area contributed by atoms with Crippen molar-refractivity contribution in [3.8, 4) is 0 Å². The average molecular weight is 365 g/mol. The molecule has 0 saturated carbocycles. The molecule has 1 saturated heterocycles. The van der Waals surface area contributed by atoms with Crippen LogP contribution in [0.25, 0.3) is 0 Å². The van der Waals surface area contributed by atoms with E-state index in [4.69, 9.17) is 11.6 Å². The van der Waals surface area contributed by atoms with Crippen LogP contribution in [0.1, 0.15) is 18.4 Å². The van der Waals surface area contributed by atoms with Gasteiger partial charge in [0, 0.05) is 29.8 Å². The lowest BCUT2D eigenvalue weighted by atomic mass is 10.1. The number of benzene rings is 2. The molecule has 6 heteroatoms. The van der Waals surface area contributed by atoms with Crippen LogP contribution >= 0.6 is 11.6 Å². The highest BCUT2D eigenvalue weighted by atomic mass is 35.5. The Bertz CT molecular complexity index is 801. The first-order chi connectivity index (χ1) is 11.5. The number of halogens is 1. The Morgan fingerprint density at radius 2 is 1.71 bits per heavy atom. The van der Waals surface area contributed by atoms with Crippen LogP contribution in [0, 0.1) is 6.92 Å². The lowest BCUT2D eigenvalue weighted by molar-refractivity contribution is 0.329. The van der Waals surface area contributed by atoms with Crippen LogP contribution in [0.5, 0.6) is 0 Å². The van der Waals surface area contributed by atoms with Crippen molar-refractivity contribution in [2.45, 2.75) is 30.7 Å². The largest absolute Gasteiger partial charge is 0.382 e. The lowest BCUT2D eigenvalue weighted by Crippen LogP contribution is -2.42. The smallest absolute Gasteiger partial charge is 0.243 e. The summed E-state index contributed by atoms with van der Waals surface area (Å²) in [5.41, 5.74) is 2.05. The van der Waals surface area contributed by atoms with E-state index in [-0.39, 0.29) is 6.04 Å². The third kappa shape index (κ3) is 3.58. The van der Waals surface area contributed by atoms with Crippen LogP contribution in [0.3, 0.4) is 0 Å². The van der Waals surface area contributed by atoms with E-state index in [9.17, 15) is 8.42 Å². The Morgan fingerprint density at radius 1 is 1.04 bits per heavy atom. The van der Waals surface area contributed by atoms with Crippen LogP contribution < -0.4 is 5.32 Å². The predicted octanol–water partition coefficient (Wildman–Crippen LogP) is 3.91. The van der Waals surface area contributed by atoms with Crippen LogP contribution in [-0.2, 0) is 10.0 Å². The molecule has 0 aliphatic carbocycles. The molecule has 1 aliphatic heterocycles. The summed E-state index contributed by atoms with van der Waals surface area (Å²) < 4.78 is 26.9. The molecular weight excluding hydrogens is 344 g/mol. The molecule has 1 heterocycles. The molecule has 1 N–H and O–H groups in total. The lowest BCUT2D eigenvalue weighted by Gasteiger charge is -2.32. The van der Waals surface area contributed by atoms with Gasteiger partial charge in [0.1, 0.15) is 0 Å². The first-order valence-electron chi connectivity index (χ1n) is 8.05. The van der Waals surface area contributed by atoms with Gasteiger partial charge in [-0.2, -0.15) is 4.31 Å². The minimum atomic E-state index is -3.39. The zero-order chi connectivity index (χ0) is 17.2. The summed E-state index contributed by atoms with van der Waals surface area (Å²) in [6, 6.07) is 14.7. The second-order valence-corrected chi connectivity index (χ2v) is 8.39. The Kier molecular flexibility index (Phi) is 5.13. The summed E-state index contributed by atoms with van der Waals surface area (Å²) in [6.07, 6.45) is 1.55. The molecule has 4 nitrogen and oxygen atoms in total. The van der Waals surface area contributed by atoms with Crippen molar-refractivity contribution >= 4 is 27.3 Å². The normalized spacial score (nSPS) is 16.9.